The van der Waals surface area contributed by atoms with Crippen molar-refractivity contribution in [1.29, 1.82) is 0 Å². The minimum Gasteiger partial charge on any atom is -0.340 e. The van der Waals surface area contributed by atoms with Gasteiger partial charge in [-0.3, -0.25) is 4.79 Å². The van der Waals surface area contributed by atoms with Crippen LogP contribution in [-0.2, 0) is 11.2 Å². The van der Waals surface area contributed by atoms with Crippen molar-refractivity contribution in [3.05, 3.63) is 33.8 Å². The fourth-order valence-corrected chi connectivity index (χ4v) is 3.24. The molecule has 2 rings (SSSR count). The predicted octanol–water partition coefficient (Wildman–Crippen LogP) is 2.68. The third-order valence-corrected chi connectivity index (χ3v) is 4.86. The second-order valence-electron chi connectivity index (χ2n) is 5.80. The third-order valence-electron chi connectivity index (χ3n) is 4.27. The molecule has 1 fully saturated rings. The molecule has 0 aromatic heterocycles. The average molecular weight is 358 g/mol. The Morgan fingerprint density at radius 1 is 1.17 bits per heavy atom. The van der Waals surface area contributed by atoms with E-state index in [0.717, 1.165) is 51.3 Å². The number of nitrogens with zero attached hydrogens (tertiary/aromatic N) is 2. The van der Waals surface area contributed by atoms with Crippen LogP contribution in [0, 0.1) is 0 Å². The van der Waals surface area contributed by atoms with Gasteiger partial charge < -0.3 is 15.1 Å². The predicted molar refractivity (Wildman–Crippen MR) is 96.3 cm³/mol. The molecule has 6 heteroatoms. The highest BCUT2D eigenvalue weighted by Crippen LogP contribution is 2.21. The molecule has 1 saturated heterocycles. The first-order valence-corrected chi connectivity index (χ1v) is 9.00. The fraction of sp³-hybridized carbons (Fsp3) is 0.588. The van der Waals surface area contributed by atoms with E-state index in [4.69, 9.17) is 23.2 Å². The molecule has 0 bridgehead atoms. The summed E-state index contributed by atoms with van der Waals surface area (Å²) in [6, 6.07) is 5.56. The number of piperazine rings is 1. The van der Waals surface area contributed by atoms with Gasteiger partial charge in [0.2, 0.25) is 5.91 Å². The standard InChI is InChI=1S/C17H25Cl2N3O/c1-2-21-9-11-22(12-10-21)17(23)6-8-20-7-5-14-3-4-15(18)13-16(14)19/h3-4,13,20H,2,5-12H2,1H3. The number of hydrogen-bond donors (Lipinski definition) is 1. The molecule has 0 aliphatic carbocycles. The number of halogens is 2. The molecule has 1 aliphatic heterocycles. The summed E-state index contributed by atoms with van der Waals surface area (Å²) in [5.74, 6) is 0.248. The first-order chi connectivity index (χ1) is 11.1. The van der Waals surface area contributed by atoms with Gasteiger partial charge in [-0.2, -0.15) is 0 Å². The molecule has 1 aliphatic rings. The molecule has 1 amide bonds. The Labute approximate surface area is 148 Å². The summed E-state index contributed by atoms with van der Waals surface area (Å²) >= 11 is 12.0. The van der Waals surface area contributed by atoms with Gasteiger partial charge in [0.05, 0.1) is 0 Å². The molecule has 23 heavy (non-hydrogen) atoms. The zero-order valence-corrected chi connectivity index (χ0v) is 15.2. The Hall–Kier alpha value is -0.810. The van der Waals surface area contributed by atoms with Gasteiger partial charge in [-0.25, -0.2) is 0 Å². The fourth-order valence-electron chi connectivity index (χ4n) is 2.74. The van der Waals surface area contributed by atoms with E-state index in [2.05, 4.69) is 17.1 Å². The second-order valence-corrected chi connectivity index (χ2v) is 6.64. The summed E-state index contributed by atoms with van der Waals surface area (Å²) < 4.78 is 0. The molecule has 1 aromatic rings. The molecule has 0 atom stereocenters. The molecular formula is C17H25Cl2N3O. The second kappa shape index (κ2) is 9.48. The van der Waals surface area contributed by atoms with Gasteiger partial charge in [0.25, 0.3) is 0 Å². The lowest BCUT2D eigenvalue weighted by Gasteiger charge is -2.34. The summed E-state index contributed by atoms with van der Waals surface area (Å²) in [5.41, 5.74) is 1.07. The molecule has 1 aromatic carbocycles. The van der Waals surface area contributed by atoms with Crippen molar-refractivity contribution in [3.8, 4) is 0 Å². The molecule has 0 radical (unpaired) electrons. The Balaban J connectivity index is 1.61. The van der Waals surface area contributed by atoms with Crippen molar-refractivity contribution in [2.75, 3.05) is 45.8 Å². The van der Waals surface area contributed by atoms with E-state index in [1.165, 1.54) is 0 Å². The van der Waals surface area contributed by atoms with Gasteiger partial charge in [0, 0.05) is 49.2 Å². The Bertz CT molecular complexity index is 517. The van der Waals surface area contributed by atoms with E-state index in [0.29, 0.717) is 23.0 Å². The van der Waals surface area contributed by atoms with Crippen molar-refractivity contribution >= 4 is 29.1 Å². The minimum atomic E-state index is 0.248. The highest BCUT2D eigenvalue weighted by molar-refractivity contribution is 6.35. The summed E-state index contributed by atoms with van der Waals surface area (Å²) in [6.45, 7) is 8.43. The van der Waals surface area contributed by atoms with E-state index >= 15 is 0 Å². The number of hydrogen-bond acceptors (Lipinski definition) is 3. The number of benzene rings is 1. The molecule has 1 heterocycles. The topological polar surface area (TPSA) is 35.6 Å². The smallest absolute Gasteiger partial charge is 0.223 e. The van der Waals surface area contributed by atoms with Gasteiger partial charge in [0.1, 0.15) is 0 Å². The van der Waals surface area contributed by atoms with Crippen LogP contribution < -0.4 is 5.32 Å². The van der Waals surface area contributed by atoms with Crippen LogP contribution in [0.3, 0.4) is 0 Å². The molecule has 0 unspecified atom stereocenters. The van der Waals surface area contributed by atoms with Crippen LogP contribution in [0.25, 0.3) is 0 Å². The number of nitrogens with one attached hydrogen (secondary N) is 1. The molecule has 0 saturated carbocycles. The van der Waals surface area contributed by atoms with E-state index in [9.17, 15) is 4.79 Å². The lowest BCUT2D eigenvalue weighted by molar-refractivity contribution is -0.132. The lowest BCUT2D eigenvalue weighted by Crippen LogP contribution is -2.48. The third kappa shape index (κ3) is 5.96. The van der Waals surface area contributed by atoms with Crippen LogP contribution in [0.15, 0.2) is 18.2 Å². The first-order valence-electron chi connectivity index (χ1n) is 8.25. The van der Waals surface area contributed by atoms with Gasteiger partial charge in [-0.15, -0.1) is 0 Å². The normalized spacial score (nSPS) is 15.9. The van der Waals surface area contributed by atoms with Crippen molar-refractivity contribution < 1.29 is 4.79 Å². The van der Waals surface area contributed by atoms with Crippen LogP contribution in [0.5, 0.6) is 0 Å². The van der Waals surface area contributed by atoms with Crippen LogP contribution in [0.4, 0.5) is 0 Å². The molecule has 4 nitrogen and oxygen atoms in total. The largest absolute Gasteiger partial charge is 0.340 e. The van der Waals surface area contributed by atoms with E-state index < -0.39 is 0 Å². The van der Waals surface area contributed by atoms with Gasteiger partial charge in [-0.05, 0) is 37.2 Å². The SMILES string of the molecule is CCN1CCN(C(=O)CCNCCc2ccc(Cl)cc2Cl)CC1. The minimum absolute atomic E-state index is 0.248. The number of carbonyl (C=O) groups is 1. The lowest BCUT2D eigenvalue weighted by atomic mass is 10.1. The zero-order chi connectivity index (χ0) is 16.7. The Morgan fingerprint density at radius 3 is 2.57 bits per heavy atom. The molecule has 1 N–H and O–H groups in total. The molecule has 128 valence electrons. The number of rotatable bonds is 7. The van der Waals surface area contributed by atoms with Crippen LogP contribution in [0.1, 0.15) is 18.9 Å². The number of amides is 1. The Kier molecular flexibility index (Phi) is 7.63. The highest BCUT2D eigenvalue weighted by atomic mass is 35.5. The van der Waals surface area contributed by atoms with Crippen molar-refractivity contribution in [2.45, 2.75) is 19.8 Å². The number of likely N-dealkylation sites (N-methyl/N-ethyl adjacent to an activating group) is 1. The van der Waals surface area contributed by atoms with Crippen molar-refractivity contribution in [1.82, 2.24) is 15.1 Å². The van der Waals surface area contributed by atoms with Gasteiger partial charge in [-0.1, -0.05) is 36.2 Å². The summed E-state index contributed by atoms with van der Waals surface area (Å²) in [5, 5.41) is 4.67. The van der Waals surface area contributed by atoms with E-state index in [1.807, 2.05) is 17.0 Å². The van der Waals surface area contributed by atoms with E-state index in [-0.39, 0.29) is 5.91 Å². The maximum absolute atomic E-state index is 12.1. The van der Waals surface area contributed by atoms with Crippen molar-refractivity contribution in [3.63, 3.8) is 0 Å². The number of carbonyl (C=O) groups excluding carboxylic acids is 1. The monoisotopic (exact) mass is 357 g/mol. The van der Waals surface area contributed by atoms with Crippen LogP contribution in [-0.4, -0.2) is 61.5 Å². The zero-order valence-electron chi connectivity index (χ0n) is 13.7. The van der Waals surface area contributed by atoms with Crippen LogP contribution >= 0.6 is 23.2 Å². The first kappa shape index (κ1) is 18.5. The van der Waals surface area contributed by atoms with Crippen molar-refractivity contribution in [2.24, 2.45) is 0 Å². The highest BCUT2D eigenvalue weighted by Gasteiger charge is 2.19. The average Bonchev–Trinajstić information content (AvgIpc) is 2.56. The van der Waals surface area contributed by atoms with Gasteiger partial charge >= 0.3 is 0 Å². The Morgan fingerprint density at radius 2 is 1.91 bits per heavy atom. The molecular weight excluding hydrogens is 333 g/mol. The maximum atomic E-state index is 12.1. The summed E-state index contributed by atoms with van der Waals surface area (Å²) in [7, 11) is 0. The quantitative estimate of drug-likeness (QED) is 0.762. The summed E-state index contributed by atoms with van der Waals surface area (Å²) in [6.07, 6.45) is 1.39. The maximum Gasteiger partial charge on any atom is 0.223 e. The van der Waals surface area contributed by atoms with E-state index in [1.54, 1.807) is 6.07 Å². The molecule has 0 spiro atoms. The van der Waals surface area contributed by atoms with Crippen LogP contribution in [0.2, 0.25) is 10.0 Å². The summed E-state index contributed by atoms with van der Waals surface area (Å²) in [4.78, 5) is 16.5. The van der Waals surface area contributed by atoms with Gasteiger partial charge in [0.15, 0.2) is 0 Å².